The summed E-state index contributed by atoms with van der Waals surface area (Å²) < 4.78 is 4.54. The van der Waals surface area contributed by atoms with Crippen molar-refractivity contribution in [2.75, 3.05) is 32.6 Å². The predicted octanol–water partition coefficient (Wildman–Crippen LogP) is 0.300. The highest BCUT2D eigenvalue weighted by Crippen LogP contribution is 1.97. The molecule has 0 aliphatic carbocycles. The number of methoxy groups -OCH3 is 1. The topological polar surface area (TPSA) is 84.4 Å². The first-order valence-electron chi connectivity index (χ1n) is 5.94. The molecule has 19 heavy (non-hydrogen) atoms. The minimum Gasteiger partial charge on any atom is -0.469 e. The van der Waals surface area contributed by atoms with Gasteiger partial charge in [-0.2, -0.15) is 0 Å². The van der Waals surface area contributed by atoms with Crippen LogP contribution in [0, 0.1) is 0 Å². The van der Waals surface area contributed by atoms with E-state index in [0.29, 0.717) is 19.4 Å². The Hall–Kier alpha value is -2.02. The van der Waals surface area contributed by atoms with Gasteiger partial charge in [0, 0.05) is 18.8 Å². The molecule has 0 saturated carbocycles. The first-order chi connectivity index (χ1) is 9.11. The molecule has 0 aromatic carbocycles. The van der Waals surface area contributed by atoms with Gasteiger partial charge in [0.05, 0.1) is 13.7 Å². The lowest BCUT2D eigenvalue weighted by atomic mass is 10.3. The van der Waals surface area contributed by atoms with Crippen LogP contribution in [0.1, 0.15) is 12.8 Å². The minimum absolute atomic E-state index is 0.188. The Labute approximate surface area is 112 Å². The number of likely N-dealkylation sites (N-methyl/N-ethyl adjacent to an activating group) is 1. The zero-order valence-electron chi connectivity index (χ0n) is 11.1. The molecule has 1 rings (SSSR count). The van der Waals surface area contributed by atoms with Crippen molar-refractivity contribution in [3.05, 3.63) is 18.5 Å². The van der Waals surface area contributed by atoms with E-state index in [0.717, 1.165) is 0 Å². The number of hydrogen-bond donors (Lipinski definition) is 1. The van der Waals surface area contributed by atoms with Crippen molar-refractivity contribution in [3.8, 4) is 0 Å². The largest absolute Gasteiger partial charge is 0.469 e. The van der Waals surface area contributed by atoms with Crippen LogP contribution in [0.2, 0.25) is 0 Å². The number of ether oxygens (including phenoxy) is 1. The first-order valence-corrected chi connectivity index (χ1v) is 5.94. The van der Waals surface area contributed by atoms with Gasteiger partial charge < -0.3 is 4.74 Å². The van der Waals surface area contributed by atoms with Crippen LogP contribution < -0.4 is 5.32 Å². The highest BCUT2D eigenvalue weighted by atomic mass is 16.5. The second-order valence-electron chi connectivity index (χ2n) is 4.04. The lowest BCUT2D eigenvalue weighted by Crippen LogP contribution is -2.31. The van der Waals surface area contributed by atoms with Crippen molar-refractivity contribution in [1.29, 1.82) is 0 Å². The number of aromatic nitrogens is 2. The normalized spacial score (nSPS) is 10.3. The van der Waals surface area contributed by atoms with Crippen LogP contribution in [0.5, 0.6) is 0 Å². The fraction of sp³-hybridized carbons (Fsp3) is 0.500. The molecule has 1 N–H and O–H groups in total. The molecule has 1 aromatic rings. The van der Waals surface area contributed by atoms with Crippen LogP contribution in [0.3, 0.4) is 0 Å². The Morgan fingerprint density at radius 2 is 2.05 bits per heavy atom. The van der Waals surface area contributed by atoms with Crippen molar-refractivity contribution < 1.29 is 14.3 Å². The molecule has 7 nitrogen and oxygen atoms in total. The molecule has 0 bridgehead atoms. The van der Waals surface area contributed by atoms with Gasteiger partial charge in [-0.05, 0) is 26.1 Å². The average Bonchev–Trinajstić information content (AvgIpc) is 2.39. The zero-order valence-corrected chi connectivity index (χ0v) is 11.1. The monoisotopic (exact) mass is 266 g/mol. The Bertz CT molecular complexity index is 411. The predicted molar refractivity (Wildman–Crippen MR) is 69.4 cm³/mol. The van der Waals surface area contributed by atoms with Crippen molar-refractivity contribution in [2.45, 2.75) is 12.8 Å². The van der Waals surface area contributed by atoms with E-state index in [9.17, 15) is 9.59 Å². The van der Waals surface area contributed by atoms with E-state index in [1.807, 2.05) is 11.9 Å². The lowest BCUT2D eigenvalue weighted by molar-refractivity contribution is -0.140. The molecule has 0 spiro atoms. The van der Waals surface area contributed by atoms with E-state index in [2.05, 4.69) is 20.0 Å². The molecule has 0 fully saturated rings. The molecule has 7 heteroatoms. The summed E-state index contributed by atoms with van der Waals surface area (Å²) in [6.45, 7) is 0.859. The number of rotatable bonds is 7. The standard InChI is InChI=1S/C12H18N4O3/c1-16(8-3-5-11(18)19-2)9-10(17)15-12-13-6-4-7-14-12/h4,6-7H,3,5,8-9H2,1-2H3,(H,13,14,15,17). The van der Waals surface area contributed by atoms with Crippen molar-refractivity contribution >= 4 is 17.8 Å². The maximum absolute atomic E-state index is 11.7. The number of nitrogens with one attached hydrogen (secondary N) is 1. The summed E-state index contributed by atoms with van der Waals surface area (Å²) in [5.74, 6) is -0.141. The Morgan fingerprint density at radius 1 is 1.37 bits per heavy atom. The number of nitrogens with zero attached hydrogens (tertiary/aromatic N) is 3. The van der Waals surface area contributed by atoms with Gasteiger partial charge in [0.15, 0.2) is 0 Å². The summed E-state index contributed by atoms with van der Waals surface area (Å²) in [4.78, 5) is 32.2. The second-order valence-corrected chi connectivity index (χ2v) is 4.04. The molecule has 0 saturated heterocycles. The number of amides is 1. The summed E-state index contributed by atoms with van der Waals surface area (Å²) in [5.41, 5.74) is 0. The third kappa shape index (κ3) is 6.46. The minimum atomic E-state index is -0.240. The molecule has 0 atom stereocenters. The smallest absolute Gasteiger partial charge is 0.305 e. The van der Waals surface area contributed by atoms with Gasteiger partial charge in [0.25, 0.3) is 0 Å². The van der Waals surface area contributed by atoms with Crippen LogP contribution in [0.15, 0.2) is 18.5 Å². The van der Waals surface area contributed by atoms with Crippen LogP contribution in [0.4, 0.5) is 5.95 Å². The summed E-state index contributed by atoms with van der Waals surface area (Å²) in [6.07, 6.45) is 4.12. The van der Waals surface area contributed by atoms with Gasteiger partial charge in [-0.3, -0.25) is 19.8 Å². The van der Waals surface area contributed by atoms with Crippen molar-refractivity contribution in [1.82, 2.24) is 14.9 Å². The third-order valence-corrected chi connectivity index (χ3v) is 2.38. The second kappa shape index (κ2) is 8.15. The highest BCUT2D eigenvalue weighted by molar-refractivity contribution is 5.90. The summed E-state index contributed by atoms with van der Waals surface area (Å²) in [7, 11) is 3.17. The van der Waals surface area contributed by atoms with Gasteiger partial charge in [0.2, 0.25) is 11.9 Å². The number of carbonyl (C=O) groups is 2. The Morgan fingerprint density at radius 3 is 2.68 bits per heavy atom. The van der Waals surface area contributed by atoms with Gasteiger partial charge in [-0.1, -0.05) is 0 Å². The van der Waals surface area contributed by atoms with Crippen LogP contribution in [-0.4, -0.2) is 54.0 Å². The molecule has 0 unspecified atom stereocenters. The fourth-order valence-electron chi connectivity index (χ4n) is 1.45. The molecule has 0 radical (unpaired) electrons. The maximum Gasteiger partial charge on any atom is 0.305 e. The van der Waals surface area contributed by atoms with Gasteiger partial charge >= 0.3 is 5.97 Å². The first kappa shape index (κ1) is 15.0. The van der Waals surface area contributed by atoms with E-state index in [-0.39, 0.29) is 24.4 Å². The summed E-state index contributed by atoms with van der Waals surface area (Å²) in [6, 6.07) is 1.68. The van der Waals surface area contributed by atoms with Crippen LogP contribution >= 0.6 is 0 Å². The molecular formula is C12H18N4O3. The van der Waals surface area contributed by atoms with Crippen molar-refractivity contribution in [2.24, 2.45) is 0 Å². The number of hydrogen-bond acceptors (Lipinski definition) is 6. The third-order valence-electron chi connectivity index (χ3n) is 2.38. The summed E-state index contributed by atoms with van der Waals surface area (Å²) >= 11 is 0. The number of carbonyl (C=O) groups excluding carboxylic acids is 2. The van der Waals surface area contributed by atoms with E-state index in [1.54, 1.807) is 18.5 Å². The Kier molecular flexibility index (Phi) is 6.45. The zero-order chi connectivity index (χ0) is 14.1. The summed E-state index contributed by atoms with van der Waals surface area (Å²) in [5, 5.41) is 2.59. The molecule has 104 valence electrons. The van der Waals surface area contributed by atoms with E-state index < -0.39 is 0 Å². The lowest BCUT2D eigenvalue weighted by Gasteiger charge is -2.15. The molecular weight excluding hydrogens is 248 g/mol. The van der Waals surface area contributed by atoms with E-state index >= 15 is 0 Å². The molecule has 0 aliphatic heterocycles. The fourth-order valence-corrected chi connectivity index (χ4v) is 1.45. The van der Waals surface area contributed by atoms with Gasteiger partial charge in [-0.15, -0.1) is 0 Å². The van der Waals surface area contributed by atoms with E-state index in [4.69, 9.17) is 0 Å². The molecule has 1 aromatic heterocycles. The van der Waals surface area contributed by atoms with Crippen molar-refractivity contribution in [3.63, 3.8) is 0 Å². The molecule has 1 heterocycles. The van der Waals surface area contributed by atoms with Gasteiger partial charge in [-0.25, -0.2) is 9.97 Å². The highest BCUT2D eigenvalue weighted by Gasteiger charge is 2.08. The Balaban J connectivity index is 2.23. The van der Waals surface area contributed by atoms with E-state index in [1.165, 1.54) is 7.11 Å². The average molecular weight is 266 g/mol. The molecule has 0 aliphatic rings. The quantitative estimate of drug-likeness (QED) is 0.714. The number of anilines is 1. The van der Waals surface area contributed by atoms with Gasteiger partial charge in [0.1, 0.15) is 0 Å². The van der Waals surface area contributed by atoms with Crippen LogP contribution in [-0.2, 0) is 14.3 Å². The maximum atomic E-state index is 11.7. The number of esters is 1. The van der Waals surface area contributed by atoms with Crippen LogP contribution in [0.25, 0.3) is 0 Å². The SMILES string of the molecule is COC(=O)CCCN(C)CC(=O)Nc1ncccn1. The molecule has 1 amide bonds.